The number of aryl methyl sites for hydroxylation is 1. The van der Waals surface area contributed by atoms with Gasteiger partial charge in [0.15, 0.2) is 5.82 Å². The fraction of sp³-hybridized carbons (Fsp3) is 0.364. The lowest BCUT2D eigenvalue weighted by Gasteiger charge is -2.37. The second-order valence-corrected chi connectivity index (χ2v) is 7.32. The molecular formula is C22H26N6O. The van der Waals surface area contributed by atoms with Crippen LogP contribution in [0.5, 0.6) is 0 Å². The molecule has 0 N–H and O–H groups in total. The highest BCUT2D eigenvalue weighted by molar-refractivity contribution is 5.84. The Morgan fingerprint density at radius 2 is 1.76 bits per heavy atom. The molecule has 4 rings (SSSR count). The van der Waals surface area contributed by atoms with Crippen LogP contribution in [0.2, 0.25) is 0 Å². The summed E-state index contributed by atoms with van der Waals surface area (Å²) in [5.41, 5.74) is 2.04. The smallest absolute Gasteiger partial charge is 0.230 e. The van der Waals surface area contributed by atoms with Crippen LogP contribution >= 0.6 is 0 Å². The lowest BCUT2D eigenvalue weighted by molar-refractivity contribution is -0.133. The van der Waals surface area contributed by atoms with E-state index in [9.17, 15) is 4.79 Å². The Bertz CT molecular complexity index is 962. The van der Waals surface area contributed by atoms with E-state index in [0.29, 0.717) is 13.1 Å². The average molecular weight is 390 g/mol. The lowest BCUT2D eigenvalue weighted by atomic mass is 9.95. The van der Waals surface area contributed by atoms with E-state index in [0.717, 1.165) is 42.4 Å². The largest absolute Gasteiger partial charge is 0.353 e. The summed E-state index contributed by atoms with van der Waals surface area (Å²) < 4.78 is 1.76. The number of rotatable bonds is 5. The number of carbonyl (C=O) groups excluding carboxylic acids is 1. The molecule has 1 atom stereocenters. The summed E-state index contributed by atoms with van der Waals surface area (Å²) in [6, 6.07) is 14.0. The first-order chi connectivity index (χ1) is 14.2. The first-order valence-electron chi connectivity index (χ1n) is 10.1. The highest BCUT2D eigenvalue weighted by Gasteiger charge is 2.28. The van der Waals surface area contributed by atoms with Crippen molar-refractivity contribution in [1.82, 2.24) is 24.6 Å². The third kappa shape index (κ3) is 4.13. The van der Waals surface area contributed by atoms with Gasteiger partial charge in [0.05, 0.1) is 11.6 Å². The summed E-state index contributed by atoms with van der Waals surface area (Å²) in [5.74, 6) is 1.76. The van der Waals surface area contributed by atoms with Gasteiger partial charge in [-0.3, -0.25) is 4.79 Å². The van der Waals surface area contributed by atoms with Crippen molar-refractivity contribution >= 4 is 11.7 Å². The van der Waals surface area contributed by atoms with E-state index in [4.69, 9.17) is 0 Å². The molecule has 3 heterocycles. The van der Waals surface area contributed by atoms with Crippen molar-refractivity contribution in [3.63, 3.8) is 0 Å². The van der Waals surface area contributed by atoms with Crippen molar-refractivity contribution in [2.75, 3.05) is 31.1 Å². The summed E-state index contributed by atoms with van der Waals surface area (Å²) in [5, 5.41) is 4.41. The number of piperazine rings is 1. The molecule has 7 heteroatoms. The first kappa shape index (κ1) is 19.1. The summed E-state index contributed by atoms with van der Waals surface area (Å²) in [6.07, 6.45) is 4.27. The minimum Gasteiger partial charge on any atom is -0.353 e. The van der Waals surface area contributed by atoms with E-state index >= 15 is 0 Å². The predicted molar refractivity (Wildman–Crippen MR) is 112 cm³/mol. The summed E-state index contributed by atoms with van der Waals surface area (Å²) in [6.45, 7) is 6.93. The zero-order valence-corrected chi connectivity index (χ0v) is 16.9. The maximum Gasteiger partial charge on any atom is 0.230 e. The molecule has 29 heavy (non-hydrogen) atoms. The highest BCUT2D eigenvalue weighted by atomic mass is 16.2. The van der Waals surface area contributed by atoms with Gasteiger partial charge in [-0.15, -0.1) is 0 Å². The molecule has 1 amide bonds. The Kier molecular flexibility index (Phi) is 5.55. The van der Waals surface area contributed by atoms with Gasteiger partial charge in [-0.2, -0.15) is 5.10 Å². The fourth-order valence-electron chi connectivity index (χ4n) is 3.79. The maximum absolute atomic E-state index is 13.1. The van der Waals surface area contributed by atoms with Gasteiger partial charge in [0.25, 0.3) is 0 Å². The molecule has 0 radical (unpaired) electrons. The van der Waals surface area contributed by atoms with Crippen LogP contribution in [0.4, 0.5) is 5.82 Å². The van der Waals surface area contributed by atoms with Crippen LogP contribution in [-0.4, -0.2) is 56.7 Å². The number of nitrogens with zero attached hydrogens (tertiary/aromatic N) is 6. The summed E-state index contributed by atoms with van der Waals surface area (Å²) in [4.78, 5) is 26.0. The van der Waals surface area contributed by atoms with Crippen molar-refractivity contribution in [3.8, 4) is 5.82 Å². The second kappa shape index (κ2) is 8.43. The molecule has 1 aromatic carbocycles. The van der Waals surface area contributed by atoms with Gasteiger partial charge in [0.1, 0.15) is 12.1 Å². The quantitative estimate of drug-likeness (QED) is 0.670. The van der Waals surface area contributed by atoms with E-state index in [1.807, 2.05) is 60.5 Å². The molecule has 0 saturated carbocycles. The van der Waals surface area contributed by atoms with Crippen LogP contribution < -0.4 is 4.90 Å². The third-order valence-corrected chi connectivity index (χ3v) is 5.42. The van der Waals surface area contributed by atoms with E-state index < -0.39 is 0 Å². The van der Waals surface area contributed by atoms with Gasteiger partial charge >= 0.3 is 0 Å². The van der Waals surface area contributed by atoms with Crippen LogP contribution in [0.3, 0.4) is 0 Å². The highest BCUT2D eigenvalue weighted by Crippen LogP contribution is 2.23. The summed E-state index contributed by atoms with van der Waals surface area (Å²) >= 11 is 0. The third-order valence-electron chi connectivity index (χ3n) is 5.42. The van der Waals surface area contributed by atoms with Crippen molar-refractivity contribution in [3.05, 3.63) is 66.2 Å². The van der Waals surface area contributed by atoms with Gasteiger partial charge in [0.2, 0.25) is 5.91 Å². The maximum atomic E-state index is 13.1. The molecule has 3 aromatic rings. The second-order valence-electron chi connectivity index (χ2n) is 7.32. The first-order valence-corrected chi connectivity index (χ1v) is 10.1. The van der Waals surface area contributed by atoms with Gasteiger partial charge in [0, 0.05) is 38.4 Å². The minimum absolute atomic E-state index is 0.0727. The van der Waals surface area contributed by atoms with Crippen molar-refractivity contribution in [1.29, 1.82) is 0 Å². The number of hydrogen-bond acceptors (Lipinski definition) is 5. The predicted octanol–water partition coefficient (Wildman–Crippen LogP) is 2.81. The molecule has 0 spiro atoms. The molecular weight excluding hydrogens is 364 g/mol. The van der Waals surface area contributed by atoms with Gasteiger partial charge in [-0.05, 0) is 25.0 Å². The van der Waals surface area contributed by atoms with E-state index in [1.165, 1.54) is 0 Å². The SMILES string of the molecule is CCC(C(=O)N1CCN(c2cc(-n3ccc(C)n3)ncn2)CC1)c1ccccc1. The van der Waals surface area contributed by atoms with Crippen LogP contribution in [0, 0.1) is 6.92 Å². The molecule has 1 aliphatic rings. The zero-order valence-electron chi connectivity index (χ0n) is 16.9. The molecule has 0 aliphatic carbocycles. The number of anilines is 1. The summed E-state index contributed by atoms with van der Waals surface area (Å²) in [7, 11) is 0. The number of hydrogen-bond donors (Lipinski definition) is 0. The normalized spacial score (nSPS) is 15.4. The van der Waals surface area contributed by atoms with E-state index in [2.05, 4.69) is 26.9 Å². The Hall–Kier alpha value is -3.22. The zero-order chi connectivity index (χ0) is 20.2. The number of amides is 1. The number of aromatic nitrogens is 4. The molecule has 150 valence electrons. The topological polar surface area (TPSA) is 67.2 Å². The van der Waals surface area contributed by atoms with E-state index in [-0.39, 0.29) is 11.8 Å². The van der Waals surface area contributed by atoms with Crippen LogP contribution in [0.15, 0.2) is 55.0 Å². The fourth-order valence-corrected chi connectivity index (χ4v) is 3.79. The van der Waals surface area contributed by atoms with Crippen LogP contribution in [-0.2, 0) is 4.79 Å². The van der Waals surface area contributed by atoms with Crippen molar-refractivity contribution in [2.45, 2.75) is 26.2 Å². The van der Waals surface area contributed by atoms with E-state index in [1.54, 1.807) is 11.0 Å². The lowest BCUT2D eigenvalue weighted by Crippen LogP contribution is -2.50. The molecule has 1 fully saturated rings. The average Bonchev–Trinajstić information content (AvgIpc) is 3.21. The Labute approximate surface area is 171 Å². The molecule has 1 aliphatic heterocycles. The molecule has 2 aromatic heterocycles. The molecule has 7 nitrogen and oxygen atoms in total. The standard InChI is InChI=1S/C22H26N6O/c1-3-19(18-7-5-4-6-8-18)22(29)27-13-11-26(12-14-27)20-15-21(24-16-23-20)28-10-9-17(2)25-28/h4-10,15-16,19H,3,11-14H2,1-2H3. The minimum atomic E-state index is -0.0727. The monoisotopic (exact) mass is 390 g/mol. The number of carbonyl (C=O) groups is 1. The van der Waals surface area contributed by atoms with Gasteiger partial charge < -0.3 is 9.80 Å². The van der Waals surface area contributed by atoms with Gasteiger partial charge in [-0.25, -0.2) is 14.6 Å². The van der Waals surface area contributed by atoms with Crippen LogP contribution in [0.25, 0.3) is 5.82 Å². The Morgan fingerprint density at radius 3 is 2.41 bits per heavy atom. The Balaban J connectivity index is 1.42. The molecule has 0 bridgehead atoms. The van der Waals surface area contributed by atoms with Gasteiger partial charge in [-0.1, -0.05) is 37.3 Å². The Morgan fingerprint density at radius 1 is 1.03 bits per heavy atom. The van der Waals surface area contributed by atoms with Crippen LogP contribution in [0.1, 0.15) is 30.5 Å². The van der Waals surface area contributed by atoms with Crippen molar-refractivity contribution < 1.29 is 4.79 Å². The van der Waals surface area contributed by atoms with Crippen molar-refractivity contribution in [2.24, 2.45) is 0 Å². The molecule has 1 saturated heterocycles. The number of benzene rings is 1. The molecule has 1 unspecified atom stereocenters.